The first-order chi connectivity index (χ1) is 9.97. The molecule has 0 radical (unpaired) electrons. The lowest BCUT2D eigenvalue weighted by atomic mass is 10.1. The highest BCUT2D eigenvalue weighted by Crippen LogP contribution is 2.24. The first-order valence-electron chi connectivity index (χ1n) is 7.09. The van der Waals surface area contributed by atoms with E-state index in [2.05, 4.69) is 5.32 Å². The smallest absolute Gasteiger partial charge is 0.249 e. The molecule has 0 saturated carbocycles. The molecule has 2 rings (SSSR count). The third-order valence-corrected chi connectivity index (χ3v) is 3.72. The zero-order valence-corrected chi connectivity index (χ0v) is 12.8. The minimum atomic E-state index is -0.454. The van der Waals surface area contributed by atoms with Gasteiger partial charge >= 0.3 is 0 Å². The Bertz CT molecular complexity index is 533. The summed E-state index contributed by atoms with van der Waals surface area (Å²) in [7, 11) is 0. The SMILES string of the molecule is CC(N)CCC(=O)NC1CCN(c2cccc(Cl)c2)C1=O. The van der Waals surface area contributed by atoms with Gasteiger partial charge in [0, 0.05) is 29.7 Å². The summed E-state index contributed by atoms with van der Waals surface area (Å²) in [6.07, 6.45) is 1.57. The van der Waals surface area contributed by atoms with Crippen LogP contribution < -0.4 is 16.0 Å². The number of halogens is 1. The van der Waals surface area contributed by atoms with Crippen LogP contribution in [0.1, 0.15) is 26.2 Å². The molecular formula is C15H20ClN3O2. The van der Waals surface area contributed by atoms with Crippen LogP contribution in [0.5, 0.6) is 0 Å². The largest absolute Gasteiger partial charge is 0.344 e. The topological polar surface area (TPSA) is 75.4 Å². The first kappa shape index (κ1) is 15.8. The van der Waals surface area contributed by atoms with Gasteiger partial charge in [0.1, 0.15) is 6.04 Å². The molecule has 1 aromatic carbocycles. The van der Waals surface area contributed by atoms with Crippen LogP contribution in [0.2, 0.25) is 5.02 Å². The van der Waals surface area contributed by atoms with Crippen molar-refractivity contribution in [1.82, 2.24) is 5.32 Å². The van der Waals surface area contributed by atoms with E-state index in [1.807, 2.05) is 13.0 Å². The molecule has 0 spiro atoms. The third-order valence-electron chi connectivity index (χ3n) is 3.49. The fourth-order valence-corrected chi connectivity index (χ4v) is 2.52. The minimum absolute atomic E-state index is 0.0158. The van der Waals surface area contributed by atoms with Gasteiger partial charge in [0.15, 0.2) is 0 Å². The van der Waals surface area contributed by atoms with Crippen molar-refractivity contribution in [3.05, 3.63) is 29.3 Å². The fourth-order valence-electron chi connectivity index (χ4n) is 2.34. The molecule has 3 N–H and O–H groups in total. The lowest BCUT2D eigenvalue weighted by molar-refractivity contribution is -0.126. The second-order valence-electron chi connectivity index (χ2n) is 5.39. The summed E-state index contributed by atoms with van der Waals surface area (Å²) in [6.45, 7) is 2.44. The van der Waals surface area contributed by atoms with E-state index < -0.39 is 6.04 Å². The molecule has 2 atom stereocenters. The summed E-state index contributed by atoms with van der Waals surface area (Å²) < 4.78 is 0. The predicted molar refractivity (Wildman–Crippen MR) is 83.2 cm³/mol. The Balaban J connectivity index is 1.94. The van der Waals surface area contributed by atoms with Crippen molar-refractivity contribution in [1.29, 1.82) is 0 Å². The maximum absolute atomic E-state index is 12.3. The van der Waals surface area contributed by atoms with Crippen molar-refractivity contribution in [3.8, 4) is 0 Å². The highest BCUT2D eigenvalue weighted by Gasteiger charge is 2.33. The Labute approximate surface area is 129 Å². The van der Waals surface area contributed by atoms with Crippen molar-refractivity contribution in [3.63, 3.8) is 0 Å². The second kappa shape index (κ2) is 6.91. The van der Waals surface area contributed by atoms with E-state index in [4.69, 9.17) is 17.3 Å². The number of amides is 2. The number of nitrogens with two attached hydrogens (primary N) is 1. The fraction of sp³-hybridized carbons (Fsp3) is 0.467. The third kappa shape index (κ3) is 4.19. The summed E-state index contributed by atoms with van der Waals surface area (Å²) in [4.78, 5) is 25.8. The van der Waals surface area contributed by atoms with Gasteiger partial charge in [-0.15, -0.1) is 0 Å². The summed E-state index contributed by atoms with van der Waals surface area (Å²) in [5.74, 6) is -0.218. The molecule has 0 aliphatic carbocycles. The number of hydrogen-bond donors (Lipinski definition) is 2. The van der Waals surface area contributed by atoms with Crippen molar-refractivity contribution in [2.45, 2.75) is 38.3 Å². The minimum Gasteiger partial charge on any atom is -0.344 e. The van der Waals surface area contributed by atoms with Gasteiger partial charge in [-0.3, -0.25) is 9.59 Å². The maximum atomic E-state index is 12.3. The zero-order valence-electron chi connectivity index (χ0n) is 12.0. The molecule has 1 aliphatic rings. The molecule has 5 nitrogen and oxygen atoms in total. The lowest BCUT2D eigenvalue weighted by Crippen LogP contribution is -2.41. The second-order valence-corrected chi connectivity index (χ2v) is 5.83. The van der Waals surface area contributed by atoms with Crippen LogP contribution in [-0.2, 0) is 9.59 Å². The quantitative estimate of drug-likeness (QED) is 0.869. The van der Waals surface area contributed by atoms with Gasteiger partial charge < -0.3 is 16.0 Å². The van der Waals surface area contributed by atoms with Crippen LogP contribution in [0.4, 0.5) is 5.69 Å². The van der Waals surface area contributed by atoms with Crippen molar-refractivity contribution in [2.24, 2.45) is 5.73 Å². The molecule has 1 aromatic rings. The Kier molecular flexibility index (Phi) is 5.20. The molecule has 1 saturated heterocycles. The maximum Gasteiger partial charge on any atom is 0.249 e. The normalized spacial score (nSPS) is 19.7. The average molecular weight is 310 g/mol. The van der Waals surface area contributed by atoms with E-state index in [0.29, 0.717) is 30.8 Å². The van der Waals surface area contributed by atoms with E-state index in [9.17, 15) is 9.59 Å². The number of carbonyl (C=O) groups is 2. The van der Waals surface area contributed by atoms with Gasteiger partial charge in [-0.25, -0.2) is 0 Å². The Morgan fingerprint density at radius 2 is 2.33 bits per heavy atom. The molecule has 2 unspecified atom stereocenters. The van der Waals surface area contributed by atoms with E-state index in [1.54, 1.807) is 23.1 Å². The summed E-state index contributed by atoms with van der Waals surface area (Å²) in [6, 6.07) is 6.69. The van der Waals surface area contributed by atoms with E-state index in [0.717, 1.165) is 5.69 Å². The number of nitrogens with one attached hydrogen (secondary N) is 1. The predicted octanol–water partition coefficient (Wildman–Crippen LogP) is 1.69. The summed E-state index contributed by atoms with van der Waals surface area (Å²) in [5, 5.41) is 3.37. The molecule has 0 bridgehead atoms. The highest BCUT2D eigenvalue weighted by atomic mass is 35.5. The van der Waals surface area contributed by atoms with Gasteiger partial charge in [0.2, 0.25) is 11.8 Å². The van der Waals surface area contributed by atoms with Gasteiger partial charge in [-0.2, -0.15) is 0 Å². The molecule has 21 heavy (non-hydrogen) atoms. The van der Waals surface area contributed by atoms with Gasteiger partial charge in [0.25, 0.3) is 0 Å². The number of nitrogens with zero attached hydrogens (tertiary/aromatic N) is 1. The highest BCUT2D eigenvalue weighted by molar-refractivity contribution is 6.31. The first-order valence-corrected chi connectivity index (χ1v) is 7.47. The van der Waals surface area contributed by atoms with E-state index in [1.165, 1.54) is 0 Å². The van der Waals surface area contributed by atoms with Crippen LogP contribution >= 0.6 is 11.6 Å². The summed E-state index contributed by atoms with van der Waals surface area (Å²) in [5.41, 5.74) is 6.38. The molecule has 1 fully saturated rings. The van der Waals surface area contributed by atoms with Crippen molar-refractivity contribution < 1.29 is 9.59 Å². The van der Waals surface area contributed by atoms with Gasteiger partial charge in [-0.1, -0.05) is 17.7 Å². The Morgan fingerprint density at radius 3 is 3.00 bits per heavy atom. The summed E-state index contributed by atoms with van der Waals surface area (Å²) >= 11 is 5.94. The Hall–Kier alpha value is -1.59. The van der Waals surface area contributed by atoms with Crippen molar-refractivity contribution in [2.75, 3.05) is 11.4 Å². The number of rotatable bonds is 5. The number of benzene rings is 1. The standard InChI is InChI=1S/C15H20ClN3O2/c1-10(17)5-6-14(20)18-13-7-8-19(15(13)21)12-4-2-3-11(16)9-12/h2-4,9-10,13H,5-8,17H2,1H3,(H,18,20). The number of hydrogen-bond acceptors (Lipinski definition) is 3. The molecule has 2 amide bonds. The molecule has 1 heterocycles. The van der Waals surface area contributed by atoms with Gasteiger partial charge in [0.05, 0.1) is 0 Å². The molecule has 1 aliphatic heterocycles. The van der Waals surface area contributed by atoms with Crippen LogP contribution in [-0.4, -0.2) is 30.4 Å². The molecule has 0 aromatic heterocycles. The van der Waals surface area contributed by atoms with Crippen molar-refractivity contribution >= 4 is 29.1 Å². The Morgan fingerprint density at radius 1 is 1.57 bits per heavy atom. The lowest BCUT2D eigenvalue weighted by Gasteiger charge is -2.17. The van der Waals surface area contributed by atoms with E-state index in [-0.39, 0.29) is 17.9 Å². The number of anilines is 1. The molecular weight excluding hydrogens is 290 g/mol. The monoisotopic (exact) mass is 309 g/mol. The molecule has 114 valence electrons. The van der Waals surface area contributed by atoms with E-state index >= 15 is 0 Å². The van der Waals surface area contributed by atoms with Crippen LogP contribution in [0.15, 0.2) is 24.3 Å². The van der Waals surface area contributed by atoms with Crippen LogP contribution in [0.3, 0.4) is 0 Å². The average Bonchev–Trinajstić information content (AvgIpc) is 2.78. The van der Waals surface area contributed by atoms with Gasteiger partial charge in [-0.05, 0) is 38.0 Å². The molecule has 6 heteroatoms. The number of carbonyl (C=O) groups excluding carboxylic acids is 2. The van der Waals surface area contributed by atoms with Crippen LogP contribution in [0.25, 0.3) is 0 Å². The van der Waals surface area contributed by atoms with Crippen LogP contribution in [0, 0.1) is 0 Å². The zero-order chi connectivity index (χ0) is 15.4.